The van der Waals surface area contributed by atoms with E-state index in [9.17, 15) is 0 Å². The van der Waals surface area contributed by atoms with Crippen molar-refractivity contribution in [3.8, 4) is 6.07 Å². The molecule has 3 nitrogen and oxygen atoms in total. The number of hydrogen-bond donors (Lipinski definition) is 1. The summed E-state index contributed by atoms with van der Waals surface area (Å²) in [4.78, 5) is 5.14. The molecule has 0 saturated carbocycles. The number of nitrogens with one attached hydrogen (secondary N) is 1. The van der Waals surface area contributed by atoms with Gasteiger partial charge >= 0.3 is 0 Å². The predicted octanol–water partition coefficient (Wildman–Crippen LogP) is 3.39. The molecule has 0 amide bonds. The van der Waals surface area contributed by atoms with Gasteiger partial charge in [-0.1, -0.05) is 15.9 Å². The Kier molecular flexibility index (Phi) is 3.54. The smallest absolute Gasteiger partial charge is 0.101 e. The maximum atomic E-state index is 8.95. The van der Waals surface area contributed by atoms with Crippen molar-refractivity contribution in [2.75, 3.05) is 5.32 Å². The van der Waals surface area contributed by atoms with Crippen LogP contribution >= 0.6 is 27.3 Å². The van der Waals surface area contributed by atoms with E-state index in [1.54, 1.807) is 22.9 Å². The van der Waals surface area contributed by atoms with Crippen molar-refractivity contribution in [2.24, 2.45) is 0 Å². The lowest BCUT2D eigenvalue weighted by atomic mass is 10.2. The first kappa shape index (κ1) is 11.1. The number of thiazole rings is 1. The van der Waals surface area contributed by atoms with Gasteiger partial charge in [-0.2, -0.15) is 5.26 Å². The van der Waals surface area contributed by atoms with Crippen LogP contribution in [0.5, 0.6) is 0 Å². The Morgan fingerprint density at radius 2 is 2.38 bits per heavy atom. The molecule has 2 aromatic rings. The lowest BCUT2D eigenvalue weighted by Gasteiger charge is -2.06. The van der Waals surface area contributed by atoms with Crippen LogP contribution in [0, 0.1) is 11.3 Å². The molecule has 1 aromatic heterocycles. The number of anilines is 1. The van der Waals surface area contributed by atoms with Crippen LogP contribution in [-0.4, -0.2) is 4.98 Å². The second kappa shape index (κ2) is 5.10. The molecule has 0 bridgehead atoms. The average Bonchev–Trinajstić information content (AvgIpc) is 2.79. The zero-order valence-electron chi connectivity index (χ0n) is 8.27. The molecule has 1 aromatic carbocycles. The van der Waals surface area contributed by atoms with Gasteiger partial charge in [0.05, 0.1) is 23.3 Å². The monoisotopic (exact) mass is 293 g/mol. The molecular weight excluding hydrogens is 286 g/mol. The molecule has 16 heavy (non-hydrogen) atoms. The average molecular weight is 294 g/mol. The summed E-state index contributed by atoms with van der Waals surface area (Å²) in [5.41, 5.74) is 3.28. The normalized spacial score (nSPS) is 9.75. The molecule has 0 unspecified atom stereocenters. The van der Waals surface area contributed by atoms with E-state index in [0.717, 1.165) is 15.0 Å². The Labute approximate surface area is 106 Å². The first-order valence-electron chi connectivity index (χ1n) is 4.60. The number of rotatable bonds is 3. The number of aromatic nitrogens is 1. The lowest BCUT2D eigenvalue weighted by Crippen LogP contribution is -1.99. The molecule has 5 heteroatoms. The molecule has 0 saturated heterocycles. The van der Waals surface area contributed by atoms with Crippen molar-refractivity contribution in [1.29, 1.82) is 5.26 Å². The molecule has 1 heterocycles. The predicted molar refractivity (Wildman–Crippen MR) is 68.3 cm³/mol. The highest BCUT2D eigenvalue weighted by atomic mass is 79.9. The molecule has 0 radical (unpaired) electrons. The van der Waals surface area contributed by atoms with Crippen molar-refractivity contribution in [2.45, 2.75) is 6.54 Å². The highest BCUT2D eigenvalue weighted by molar-refractivity contribution is 9.10. The van der Waals surface area contributed by atoms with Gasteiger partial charge in [-0.15, -0.1) is 11.3 Å². The topological polar surface area (TPSA) is 48.7 Å². The van der Waals surface area contributed by atoms with Gasteiger partial charge in [-0.25, -0.2) is 0 Å². The number of halogens is 1. The number of nitriles is 1. The Balaban J connectivity index is 2.15. The van der Waals surface area contributed by atoms with Gasteiger partial charge in [-0.3, -0.25) is 4.98 Å². The minimum atomic E-state index is 0.646. The Morgan fingerprint density at radius 3 is 3.06 bits per heavy atom. The van der Waals surface area contributed by atoms with Crippen LogP contribution in [0.1, 0.15) is 10.4 Å². The molecule has 0 fully saturated rings. The zero-order chi connectivity index (χ0) is 11.4. The third-order valence-electron chi connectivity index (χ3n) is 2.04. The fourth-order valence-corrected chi connectivity index (χ4v) is 2.17. The summed E-state index contributed by atoms with van der Waals surface area (Å²) < 4.78 is 0.957. The Hall–Kier alpha value is -1.38. The van der Waals surface area contributed by atoms with Gasteiger partial charge in [0.25, 0.3) is 0 Å². The Bertz CT molecular complexity index is 517. The second-order valence-corrected chi connectivity index (χ2v) is 5.01. The van der Waals surface area contributed by atoms with E-state index in [4.69, 9.17) is 5.26 Å². The van der Waals surface area contributed by atoms with Crippen LogP contribution in [0.3, 0.4) is 0 Å². The number of benzene rings is 1. The van der Waals surface area contributed by atoms with Crippen LogP contribution in [0.4, 0.5) is 5.69 Å². The van der Waals surface area contributed by atoms with Crippen LogP contribution in [0.25, 0.3) is 0 Å². The molecular formula is C11H8BrN3S. The molecule has 2 rings (SSSR count). The standard InChI is InChI=1S/C11H8BrN3S/c12-9-2-1-8(4-13)11(3-9)15-6-10-5-14-7-16-10/h1-3,5,7,15H,6H2. The summed E-state index contributed by atoms with van der Waals surface area (Å²) in [5, 5.41) is 12.2. The summed E-state index contributed by atoms with van der Waals surface area (Å²) in [6, 6.07) is 7.71. The third kappa shape index (κ3) is 2.60. The first-order chi connectivity index (χ1) is 7.79. The first-order valence-corrected chi connectivity index (χ1v) is 6.28. The molecule has 0 aliphatic carbocycles. The van der Waals surface area contributed by atoms with Gasteiger partial charge in [0.2, 0.25) is 0 Å². The highest BCUT2D eigenvalue weighted by Crippen LogP contribution is 2.21. The van der Waals surface area contributed by atoms with Crippen molar-refractivity contribution in [3.05, 3.63) is 44.8 Å². The number of hydrogen-bond acceptors (Lipinski definition) is 4. The van der Waals surface area contributed by atoms with E-state index in [2.05, 4.69) is 32.3 Å². The van der Waals surface area contributed by atoms with Crippen molar-refractivity contribution >= 4 is 33.0 Å². The van der Waals surface area contributed by atoms with E-state index in [0.29, 0.717) is 12.1 Å². The molecule has 0 spiro atoms. The summed E-state index contributed by atoms with van der Waals surface area (Å²) >= 11 is 4.98. The van der Waals surface area contributed by atoms with Gasteiger partial charge in [-0.05, 0) is 18.2 Å². The fourth-order valence-electron chi connectivity index (χ4n) is 1.27. The summed E-state index contributed by atoms with van der Waals surface area (Å²) in [7, 11) is 0. The molecule has 80 valence electrons. The quantitative estimate of drug-likeness (QED) is 0.944. The highest BCUT2D eigenvalue weighted by Gasteiger charge is 2.02. The fraction of sp³-hybridized carbons (Fsp3) is 0.0909. The number of nitrogens with zero attached hydrogens (tertiary/aromatic N) is 2. The molecule has 1 N–H and O–H groups in total. The molecule has 0 aliphatic heterocycles. The minimum Gasteiger partial charge on any atom is -0.379 e. The zero-order valence-corrected chi connectivity index (χ0v) is 10.7. The van der Waals surface area contributed by atoms with Crippen LogP contribution in [0.15, 0.2) is 34.4 Å². The van der Waals surface area contributed by atoms with Gasteiger partial charge in [0.1, 0.15) is 6.07 Å². The summed E-state index contributed by atoms with van der Waals surface area (Å²) in [6.45, 7) is 0.690. The van der Waals surface area contributed by atoms with E-state index in [1.807, 2.05) is 18.3 Å². The van der Waals surface area contributed by atoms with Crippen LogP contribution in [0.2, 0.25) is 0 Å². The van der Waals surface area contributed by atoms with E-state index >= 15 is 0 Å². The van der Waals surface area contributed by atoms with Gasteiger partial charge < -0.3 is 5.32 Å². The largest absolute Gasteiger partial charge is 0.379 e. The van der Waals surface area contributed by atoms with Crippen molar-refractivity contribution in [3.63, 3.8) is 0 Å². The Morgan fingerprint density at radius 1 is 1.50 bits per heavy atom. The van der Waals surface area contributed by atoms with Gasteiger partial charge in [0.15, 0.2) is 0 Å². The third-order valence-corrected chi connectivity index (χ3v) is 3.31. The lowest BCUT2D eigenvalue weighted by molar-refractivity contribution is 1.17. The minimum absolute atomic E-state index is 0.646. The van der Waals surface area contributed by atoms with E-state index < -0.39 is 0 Å². The summed E-state index contributed by atoms with van der Waals surface area (Å²) in [5.74, 6) is 0. The van der Waals surface area contributed by atoms with Gasteiger partial charge in [0, 0.05) is 15.5 Å². The van der Waals surface area contributed by atoms with Crippen molar-refractivity contribution < 1.29 is 0 Å². The SMILES string of the molecule is N#Cc1ccc(Br)cc1NCc1cncs1. The molecule has 0 atom stereocenters. The van der Waals surface area contributed by atoms with E-state index in [-0.39, 0.29) is 0 Å². The second-order valence-electron chi connectivity index (χ2n) is 3.12. The van der Waals surface area contributed by atoms with Crippen LogP contribution in [-0.2, 0) is 6.54 Å². The summed E-state index contributed by atoms with van der Waals surface area (Å²) in [6.07, 6.45) is 1.82. The van der Waals surface area contributed by atoms with E-state index in [1.165, 1.54) is 0 Å². The maximum absolute atomic E-state index is 8.95. The van der Waals surface area contributed by atoms with Crippen molar-refractivity contribution in [1.82, 2.24) is 4.98 Å². The van der Waals surface area contributed by atoms with Crippen LogP contribution < -0.4 is 5.32 Å². The molecule has 0 aliphatic rings. The maximum Gasteiger partial charge on any atom is 0.101 e.